The molecule has 0 spiro atoms. The highest BCUT2D eigenvalue weighted by Crippen LogP contribution is 2.12. The Hall–Kier alpha value is 0.230. The lowest BCUT2D eigenvalue weighted by Gasteiger charge is -2.19. The van der Waals surface area contributed by atoms with Crippen LogP contribution >= 0.6 is 31.9 Å². The molecule has 0 aliphatic carbocycles. The Kier molecular flexibility index (Phi) is 6.78. The molecule has 0 bridgehead atoms. The van der Waals surface area contributed by atoms with E-state index >= 15 is 0 Å². The molecule has 0 radical (unpaired) electrons. The second-order valence-corrected chi connectivity index (χ2v) is 6.14. The van der Waals surface area contributed by atoms with Gasteiger partial charge in [-0.25, -0.2) is 4.79 Å². The van der Waals surface area contributed by atoms with Crippen molar-refractivity contribution in [2.24, 2.45) is 0 Å². The van der Waals surface area contributed by atoms with E-state index in [9.17, 15) is 4.79 Å². The normalized spacial score (nSPS) is 19.3. The average molecular weight is 332 g/mol. The SMILES string of the molecule is CC(Br)C(C)OC(=O)OC(C)C(C)Br. The van der Waals surface area contributed by atoms with Crippen molar-refractivity contribution in [1.82, 2.24) is 0 Å². The van der Waals surface area contributed by atoms with Crippen LogP contribution in [0, 0.1) is 0 Å². The summed E-state index contributed by atoms with van der Waals surface area (Å²) in [5.74, 6) is 0. The van der Waals surface area contributed by atoms with Crippen LogP contribution in [0.25, 0.3) is 0 Å². The number of halogens is 2. The molecule has 0 aromatic heterocycles. The number of alkyl halides is 2. The van der Waals surface area contributed by atoms with Crippen LogP contribution in [0.15, 0.2) is 0 Å². The lowest BCUT2D eigenvalue weighted by Crippen LogP contribution is -2.27. The predicted molar refractivity (Wildman–Crippen MR) is 63.3 cm³/mol. The first-order chi connectivity index (χ1) is 6.34. The van der Waals surface area contributed by atoms with Crippen LogP contribution in [0.2, 0.25) is 0 Å². The minimum absolute atomic E-state index is 0.117. The van der Waals surface area contributed by atoms with E-state index in [-0.39, 0.29) is 21.9 Å². The summed E-state index contributed by atoms with van der Waals surface area (Å²) in [4.78, 5) is 11.4. The molecule has 84 valence electrons. The fraction of sp³-hybridized carbons (Fsp3) is 0.889. The van der Waals surface area contributed by atoms with Gasteiger partial charge in [0.05, 0.1) is 0 Å². The molecule has 4 unspecified atom stereocenters. The van der Waals surface area contributed by atoms with Crippen LogP contribution in [0.4, 0.5) is 4.79 Å². The van der Waals surface area contributed by atoms with Crippen LogP contribution in [-0.4, -0.2) is 28.0 Å². The van der Waals surface area contributed by atoms with Gasteiger partial charge in [-0.2, -0.15) is 0 Å². The van der Waals surface area contributed by atoms with Crippen LogP contribution in [0.1, 0.15) is 27.7 Å². The molecule has 0 aliphatic rings. The summed E-state index contributed by atoms with van der Waals surface area (Å²) >= 11 is 6.64. The highest BCUT2D eigenvalue weighted by Gasteiger charge is 2.19. The van der Waals surface area contributed by atoms with Crippen LogP contribution in [0.5, 0.6) is 0 Å². The number of rotatable bonds is 4. The number of carbonyl (C=O) groups excluding carboxylic acids is 1. The van der Waals surface area contributed by atoms with Gasteiger partial charge < -0.3 is 9.47 Å². The Morgan fingerprint density at radius 2 is 1.21 bits per heavy atom. The quantitative estimate of drug-likeness (QED) is 0.584. The first-order valence-corrected chi connectivity index (χ1v) is 6.33. The van der Waals surface area contributed by atoms with Gasteiger partial charge in [0.15, 0.2) is 0 Å². The fourth-order valence-electron chi connectivity index (χ4n) is 0.519. The summed E-state index contributed by atoms with van der Waals surface area (Å²) in [6.45, 7) is 7.44. The van der Waals surface area contributed by atoms with E-state index in [1.165, 1.54) is 0 Å². The number of ether oxygens (including phenoxy) is 2. The second kappa shape index (κ2) is 6.67. The van der Waals surface area contributed by atoms with Gasteiger partial charge in [0, 0.05) is 9.65 Å². The summed E-state index contributed by atoms with van der Waals surface area (Å²) in [5, 5.41) is 0. The number of carbonyl (C=O) groups is 1. The summed E-state index contributed by atoms with van der Waals surface area (Å²) in [6.07, 6.45) is -1.01. The van der Waals surface area contributed by atoms with Gasteiger partial charge in [-0.3, -0.25) is 0 Å². The van der Waals surface area contributed by atoms with E-state index in [0.29, 0.717) is 0 Å². The maximum absolute atomic E-state index is 11.2. The van der Waals surface area contributed by atoms with E-state index in [1.54, 1.807) is 0 Å². The first kappa shape index (κ1) is 14.2. The summed E-state index contributed by atoms with van der Waals surface area (Å²) in [7, 11) is 0. The molecule has 14 heavy (non-hydrogen) atoms. The Morgan fingerprint density at radius 3 is 1.43 bits per heavy atom. The maximum Gasteiger partial charge on any atom is 0.508 e. The zero-order valence-corrected chi connectivity index (χ0v) is 12.0. The predicted octanol–water partition coefficient (Wildman–Crippen LogP) is 3.48. The Labute approximate surface area is 102 Å². The highest BCUT2D eigenvalue weighted by atomic mass is 79.9. The van der Waals surface area contributed by atoms with E-state index < -0.39 is 6.16 Å². The largest absolute Gasteiger partial charge is 0.508 e. The third-order valence-corrected chi connectivity index (χ3v) is 3.35. The first-order valence-electron chi connectivity index (χ1n) is 4.50. The molecule has 0 aliphatic heterocycles. The highest BCUT2D eigenvalue weighted by molar-refractivity contribution is 9.09. The molecule has 0 saturated heterocycles. The van der Waals surface area contributed by atoms with Crippen molar-refractivity contribution < 1.29 is 14.3 Å². The summed E-state index contributed by atoms with van der Waals surface area (Å²) < 4.78 is 10.0. The smallest absolute Gasteiger partial charge is 0.430 e. The van der Waals surface area contributed by atoms with Crippen molar-refractivity contribution in [3.63, 3.8) is 0 Å². The fourth-order valence-corrected chi connectivity index (χ4v) is 0.735. The van der Waals surface area contributed by atoms with Crippen molar-refractivity contribution in [2.45, 2.75) is 49.6 Å². The molecule has 3 nitrogen and oxygen atoms in total. The molecule has 0 aromatic rings. The number of hydrogen-bond acceptors (Lipinski definition) is 3. The zero-order chi connectivity index (χ0) is 11.3. The van der Waals surface area contributed by atoms with Gasteiger partial charge in [0.25, 0.3) is 0 Å². The van der Waals surface area contributed by atoms with Gasteiger partial charge in [-0.15, -0.1) is 0 Å². The molecule has 4 atom stereocenters. The zero-order valence-electron chi connectivity index (χ0n) is 8.79. The van der Waals surface area contributed by atoms with Crippen molar-refractivity contribution in [1.29, 1.82) is 0 Å². The molecule has 0 rings (SSSR count). The Bertz CT molecular complexity index is 165. The van der Waals surface area contributed by atoms with Crippen molar-refractivity contribution in [2.75, 3.05) is 0 Å². The van der Waals surface area contributed by atoms with Crippen molar-refractivity contribution >= 4 is 38.0 Å². The van der Waals surface area contributed by atoms with Crippen molar-refractivity contribution in [3.8, 4) is 0 Å². The Morgan fingerprint density at radius 1 is 0.929 bits per heavy atom. The summed E-state index contributed by atoms with van der Waals surface area (Å²) in [5.41, 5.74) is 0. The van der Waals surface area contributed by atoms with E-state index in [0.717, 1.165) is 0 Å². The minimum atomic E-state index is -0.623. The monoisotopic (exact) mass is 330 g/mol. The standard InChI is InChI=1S/C9H16Br2O3/c1-5(10)7(3)13-9(12)14-8(4)6(2)11/h5-8H,1-4H3. The van der Waals surface area contributed by atoms with Gasteiger partial charge >= 0.3 is 6.16 Å². The third-order valence-electron chi connectivity index (χ3n) is 1.86. The van der Waals surface area contributed by atoms with Crippen LogP contribution < -0.4 is 0 Å². The molecule has 0 fully saturated rings. The van der Waals surface area contributed by atoms with E-state index in [4.69, 9.17) is 9.47 Å². The average Bonchev–Trinajstić information content (AvgIpc) is 2.03. The van der Waals surface area contributed by atoms with Crippen LogP contribution in [0.3, 0.4) is 0 Å². The lowest BCUT2D eigenvalue weighted by molar-refractivity contribution is 0.00945. The number of hydrogen-bond donors (Lipinski definition) is 0. The van der Waals surface area contributed by atoms with E-state index in [2.05, 4.69) is 31.9 Å². The Balaban J connectivity index is 3.87. The molecule has 0 N–H and O–H groups in total. The van der Waals surface area contributed by atoms with Gasteiger partial charge in [-0.1, -0.05) is 31.9 Å². The maximum atomic E-state index is 11.2. The van der Waals surface area contributed by atoms with Gasteiger partial charge in [0.2, 0.25) is 0 Å². The summed E-state index contributed by atoms with van der Waals surface area (Å²) in [6, 6.07) is 0. The van der Waals surface area contributed by atoms with Crippen LogP contribution in [-0.2, 0) is 9.47 Å². The molecule has 0 aromatic carbocycles. The molecule has 5 heteroatoms. The molecular weight excluding hydrogens is 316 g/mol. The molecule has 0 heterocycles. The molecular formula is C9H16Br2O3. The van der Waals surface area contributed by atoms with E-state index in [1.807, 2.05) is 27.7 Å². The minimum Gasteiger partial charge on any atom is -0.430 e. The second-order valence-electron chi connectivity index (χ2n) is 3.25. The molecule has 0 saturated carbocycles. The topological polar surface area (TPSA) is 35.5 Å². The van der Waals surface area contributed by atoms with Gasteiger partial charge in [-0.05, 0) is 27.7 Å². The van der Waals surface area contributed by atoms with Gasteiger partial charge in [0.1, 0.15) is 12.2 Å². The lowest BCUT2D eigenvalue weighted by atomic mass is 10.3. The third kappa shape index (κ3) is 5.86. The van der Waals surface area contributed by atoms with Crippen molar-refractivity contribution in [3.05, 3.63) is 0 Å². The molecule has 0 amide bonds.